The molecule has 4 atom stereocenters. The Morgan fingerprint density at radius 2 is 2.21 bits per heavy atom. The summed E-state index contributed by atoms with van der Waals surface area (Å²) in [5, 5.41) is 9.39. The number of rotatable bonds is 1. The van der Waals surface area contributed by atoms with E-state index in [-0.39, 0.29) is 29.3 Å². The smallest absolute Gasteiger partial charge is 0.335 e. The first-order valence-electron chi connectivity index (χ1n) is 8.36. The van der Waals surface area contributed by atoms with Gasteiger partial charge in [-0.1, -0.05) is 0 Å². The van der Waals surface area contributed by atoms with E-state index in [9.17, 15) is 9.90 Å². The molecule has 0 aliphatic carbocycles. The Labute approximate surface area is 154 Å². The Bertz CT molecular complexity index is 690. The molecule has 1 aromatic carbocycles. The highest BCUT2D eigenvalue weighted by Crippen LogP contribution is 2.55. The zero-order valence-corrected chi connectivity index (χ0v) is 16.2. The van der Waals surface area contributed by atoms with E-state index < -0.39 is 5.97 Å². The fourth-order valence-corrected chi connectivity index (χ4v) is 6.02. The van der Waals surface area contributed by atoms with E-state index in [1.54, 1.807) is 12.1 Å². The van der Waals surface area contributed by atoms with Gasteiger partial charge in [-0.15, -0.1) is 0 Å². The molecular weight excluding hydrogens is 392 g/mol. The summed E-state index contributed by atoms with van der Waals surface area (Å²) in [6, 6.07) is 3.34. The maximum absolute atomic E-state index is 11.4. The molecule has 0 radical (unpaired) electrons. The van der Waals surface area contributed by atoms with Crippen molar-refractivity contribution < 1.29 is 19.4 Å². The van der Waals surface area contributed by atoms with E-state index in [0.717, 1.165) is 35.7 Å². The molecule has 0 bridgehead atoms. The number of carbonyl (C=O) groups is 1. The summed E-state index contributed by atoms with van der Waals surface area (Å²) in [7, 11) is 0. The molecule has 3 heterocycles. The van der Waals surface area contributed by atoms with Gasteiger partial charge in [-0.05, 0) is 72.2 Å². The number of halogens is 1. The van der Waals surface area contributed by atoms with Crippen LogP contribution in [-0.2, 0) is 4.74 Å². The topological polar surface area (TPSA) is 55.8 Å². The van der Waals surface area contributed by atoms with Crippen LogP contribution in [0.15, 0.2) is 16.6 Å². The second kappa shape index (κ2) is 5.92. The minimum Gasteiger partial charge on any atom is -0.486 e. The molecule has 2 saturated heterocycles. The minimum absolute atomic E-state index is 0.0938. The first-order chi connectivity index (χ1) is 11.4. The Hall–Kier alpha value is -0.720. The molecule has 0 amide bonds. The molecule has 0 spiro atoms. The van der Waals surface area contributed by atoms with Gasteiger partial charge in [0.1, 0.15) is 11.4 Å². The number of thioether (sulfide) groups is 1. The average Bonchev–Trinajstić information content (AvgIpc) is 2.54. The van der Waals surface area contributed by atoms with Crippen LogP contribution in [0.25, 0.3) is 0 Å². The lowest BCUT2D eigenvalue weighted by molar-refractivity contribution is -0.170. The minimum atomic E-state index is -0.928. The van der Waals surface area contributed by atoms with Crippen LogP contribution in [0.5, 0.6) is 5.75 Å². The van der Waals surface area contributed by atoms with Crippen molar-refractivity contribution in [3.63, 3.8) is 0 Å². The molecule has 1 N–H and O–H groups in total. The first kappa shape index (κ1) is 16.7. The third kappa shape index (κ3) is 2.67. The second-order valence-corrected chi connectivity index (χ2v) is 9.45. The molecule has 24 heavy (non-hydrogen) atoms. The Kier molecular flexibility index (Phi) is 4.13. The van der Waals surface area contributed by atoms with Crippen molar-refractivity contribution >= 4 is 33.7 Å². The number of hydrogen-bond donors (Lipinski definition) is 1. The van der Waals surface area contributed by atoms with Crippen LogP contribution in [0.1, 0.15) is 48.7 Å². The lowest BCUT2D eigenvalue weighted by atomic mass is 9.71. The number of carboxylic acid groups (broad SMARTS) is 1. The normalized spacial score (nSPS) is 33.6. The van der Waals surface area contributed by atoms with Crippen LogP contribution in [0.4, 0.5) is 0 Å². The fraction of sp³-hybridized carbons (Fsp3) is 0.611. The van der Waals surface area contributed by atoms with E-state index in [1.165, 1.54) is 0 Å². The highest BCUT2D eigenvalue weighted by molar-refractivity contribution is 9.10. The van der Waals surface area contributed by atoms with Gasteiger partial charge in [0.05, 0.1) is 22.2 Å². The van der Waals surface area contributed by atoms with Crippen LogP contribution in [-0.4, -0.2) is 34.3 Å². The van der Waals surface area contributed by atoms with Gasteiger partial charge in [-0.25, -0.2) is 4.79 Å². The van der Waals surface area contributed by atoms with E-state index in [1.807, 2.05) is 11.8 Å². The van der Waals surface area contributed by atoms with E-state index in [2.05, 4.69) is 29.8 Å². The number of ether oxygens (including phenoxy) is 2. The highest BCUT2D eigenvalue weighted by atomic mass is 79.9. The summed E-state index contributed by atoms with van der Waals surface area (Å²) in [4.78, 5) is 11.4. The van der Waals surface area contributed by atoms with Crippen LogP contribution in [0.2, 0.25) is 0 Å². The summed E-state index contributed by atoms with van der Waals surface area (Å²) in [6.07, 6.45) is 2.34. The molecule has 4 rings (SSSR count). The lowest BCUT2D eigenvalue weighted by Gasteiger charge is -2.52. The Morgan fingerprint density at radius 1 is 1.42 bits per heavy atom. The zero-order chi connectivity index (χ0) is 17.1. The van der Waals surface area contributed by atoms with Gasteiger partial charge < -0.3 is 14.6 Å². The molecule has 2 fully saturated rings. The van der Waals surface area contributed by atoms with Gasteiger partial charge >= 0.3 is 5.97 Å². The van der Waals surface area contributed by atoms with Gasteiger partial charge in [-0.3, -0.25) is 0 Å². The van der Waals surface area contributed by atoms with E-state index in [0.29, 0.717) is 10.4 Å². The standard InChI is InChI=1S/C18H21BrO4S/c1-18(2)12-6-10-8-24-4-3-14(10)22-15(12)11-5-9(17(20)21)7-13(19)16(11)23-18/h5,7,10,12,14-15H,3-4,6,8H2,1-2H3,(H,20,21)/t10-,12+,14+,15-/m1/s1. The zero-order valence-electron chi connectivity index (χ0n) is 13.8. The third-order valence-corrected chi connectivity index (χ3v) is 7.31. The van der Waals surface area contributed by atoms with E-state index in [4.69, 9.17) is 9.47 Å². The molecule has 1 aromatic rings. The molecule has 4 nitrogen and oxygen atoms in total. The number of carboxylic acids is 1. The summed E-state index contributed by atoms with van der Waals surface area (Å²) < 4.78 is 13.5. The monoisotopic (exact) mass is 412 g/mol. The predicted octanol–water partition coefficient (Wildman–Crippen LogP) is 4.52. The molecule has 0 unspecified atom stereocenters. The summed E-state index contributed by atoms with van der Waals surface area (Å²) in [5.74, 6) is 2.90. The molecular formula is C18H21BrO4S. The van der Waals surface area contributed by atoms with Crippen LogP contribution in [0, 0.1) is 11.8 Å². The molecule has 6 heteroatoms. The van der Waals surface area contributed by atoms with Crippen molar-refractivity contribution in [2.45, 2.75) is 44.5 Å². The maximum Gasteiger partial charge on any atom is 0.335 e. The number of fused-ring (bicyclic) bond motifs is 4. The molecule has 0 saturated carbocycles. The second-order valence-electron chi connectivity index (χ2n) is 7.45. The van der Waals surface area contributed by atoms with Crippen molar-refractivity contribution in [3.05, 3.63) is 27.7 Å². The molecule has 3 aliphatic heterocycles. The fourth-order valence-electron chi connectivity index (χ4n) is 4.24. The lowest BCUT2D eigenvalue weighted by Crippen LogP contribution is -2.52. The molecule has 3 aliphatic rings. The van der Waals surface area contributed by atoms with Crippen LogP contribution in [0.3, 0.4) is 0 Å². The first-order valence-corrected chi connectivity index (χ1v) is 10.3. The predicted molar refractivity (Wildman–Crippen MR) is 97.0 cm³/mol. The van der Waals surface area contributed by atoms with Crippen LogP contribution < -0.4 is 4.74 Å². The van der Waals surface area contributed by atoms with Gasteiger partial charge in [-0.2, -0.15) is 11.8 Å². The SMILES string of the molecule is CC1(C)Oc2c(Br)cc(C(=O)O)cc2[C@H]2O[C@H]3CCSC[C@H]3C[C@@H]21. The van der Waals surface area contributed by atoms with Crippen LogP contribution >= 0.6 is 27.7 Å². The summed E-state index contributed by atoms with van der Waals surface area (Å²) in [6.45, 7) is 4.23. The Morgan fingerprint density at radius 3 is 2.96 bits per heavy atom. The number of benzene rings is 1. The van der Waals surface area contributed by atoms with E-state index >= 15 is 0 Å². The van der Waals surface area contributed by atoms with Gasteiger partial charge in [0.2, 0.25) is 0 Å². The average molecular weight is 413 g/mol. The van der Waals surface area contributed by atoms with Crippen molar-refractivity contribution in [3.8, 4) is 5.75 Å². The van der Waals surface area contributed by atoms with Crippen molar-refractivity contribution in [1.29, 1.82) is 0 Å². The highest BCUT2D eigenvalue weighted by Gasteiger charge is 2.51. The Balaban J connectivity index is 1.79. The maximum atomic E-state index is 11.4. The largest absolute Gasteiger partial charge is 0.486 e. The summed E-state index contributed by atoms with van der Waals surface area (Å²) >= 11 is 5.50. The quantitative estimate of drug-likeness (QED) is 0.734. The van der Waals surface area contributed by atoms with Gasteiger partial charge in [0.25, 0.3) is 0 Å². The summed E-state index contributed by atoms with van der Waals surface area (Å²) in [5.41, 5.74) is 0.813. The van der Waals surface area contributed by atoms with Crippen molar-refractivity contribution in [1.82, 2.24) is 0 Å². The van der Waals surface area contributed by atoms with Crippen molar-refractivity contribution in [2.75, 3.05) is 11.5 Å². The number of aromatic carboxylic acids is 1. The van der Waals surface area contributed by atoms with Crippen molar-refractivity contribution in [2.24, 2.45) is 11.8 Å². The van der Waals surface area contributed by atoms with Gasteiger partial charge in [0, 0.05) is 11.5 Å². The molecule has 0 aromatic heterocycles. The third-order valence-electron chi connectivity index (χ3n) is 5.53. The number of hydrogen-bond acceptors (Lipinski definition) is 4. The van der Waals surface area contributed by atoms with Gasteiger partial charge in [0.15, 0.2) is 0 Å². The molecule has 130 valence electrons.